The predicted octanol–water partition coefficient (Wildman–Crippen LogP) is 2.66. The van der Waals surface area contributed by atoms with Gasteiger partial charge in [-0.3, -0.25) is 4.90 Å². The molecule has 0 aromatic heterocycles. The van der Waals surface area contributed by atoms with Gasteiger partial charge >= 0.3 is 6.03 Å². The summed E-state index contributed by atoms with van der Waals surface area (Å²) in [6.45, 7) is 5.01. The van der Waals surface area contributed by atoms with Crippen molar-refractivity contribution >= 4 is 17.4 Å². The molecule has 2 aromatic rings. The molecule has 2 aromatic carbocycles. The Labute approximate surface area is 189 Å². The molecule has 3 rings (SSSR count). The van der Waals surface area contributed by atoms with Crippen molar-refractivity contribution in [1.29, 1.82) is 0 Å². The van der Waals surface area contributed by atoms with Crippen molar-refractivity contribution in [2.24, 2.45) is 0 Å². The minimum Gasteiger partial charge on any atom is -0.495 e. The number of nitrogens with zero attached hydrogens (tertiary/aromatic N) is 2. The normalized spacial score (nSPS) is 13.9. The summed E-state index contributed by atoms with van der Waals surface area (Å²) >= 11 is 0. The molecule has 174 valence electrons. The van der Waals surface area contributed by atoms with Gasteiger partial charge in [-0.05, 0) is 12.1 Å². The van der Waals surface area contributed by atoms with E-state index in [4.69, 9.17) is 18.9 Å². The van der Waals surface area contributed by atoms with E-state index in [1.807, 2.05) is 18.2 Å². The summed E-state index contributed by atoms with van der Waals surface area (Å²) in [6.07, 6.45) is 0. The number of methoxy groups -OCH3 is 4. The molecule has 9 nitrogen and oxygen atoms in total. The summed E-state index contributed by atoms with van der Waals surface area (Å²) in [4.78, 5) is 17.0. The lowest BCUT2D eigenvalue weighted by atomic mass is 10.2. The molecule has 0 saturated carbocycles. The summed E-state index contributed by atoms with van der Waals surface area (Å²) < 4.78 is 21.4. The Bertz CT molecular complexity index is 875. The first-order valence-electron chi connectivity index (χ1n) is 10.5. The van der Waals surface area contributed by atoms with Crippen LogP contribution in [0.5, 0.6) is 23.0 Å². The first kappa shape index (κ1) is 23.3. The summed E-state index contributed by atoms with van der Waals surface area (Å²) in [5, 5.41) is 5.72. The molecular formula is C23H32N4O5. The minimum absolute atomic E-state index is 0.285. The second-order valence-electron chi connectivity index (χ2n) is 7.30. The molecule has 0 aliphatic carbocycles. The average Bonchev–Trinajstić information content (AvgIpc) is 2.83. The van der Waals surface area contributed by atoms with Gasteiger partial charge in [-0.25, -0.2) is 4.79 Å². The number of hydrogen-bond acceptors (Lipinski definition) is 7. The largest absolute Gasteiger partial charge is 0.495 e. The van der Waals surface area contributed by atoms with Crippen molar-refractivity contribution in [1.82, 2.24) is 10.2 Å². The quantitative estimate of drug-likeness (QED) is 0.615. The van der Waals surface area contributed by atoms with Gasteiger partial charge in [0, 0.05) is 51.4 Å². The number of rotatable bonds is 9. The average molecular weight is 445 g/mol. The van der Waals surface area contributed by atoms with E-state index in [1.54, 1.807) is 19.2 Å². The molecule has 9 heteroatoms. The molecule has 1 aliphatic heterocycles. The molecule has 1 fully saturated rings. The summed E-state index contributed by atoms with van der Waals surface area (Å²) in [6, 6.07) is 11.2. The predicted molar refractivity (Wildman–Crippen MR) is 125 cm³/mol. The van der Waals surface area contributed by atoms with Gasteiger partial charge in [-0.1, -0.05) is 12.1 Å². The molecule has 1 heterocycles. The fraction of sp³-hybridized carbons (Fsp3) is 0.435. The van der Waals surface area contributed by atoms with Gasteiger partial charge in [0.25, 0.3) is 0 Å². The van der Waals surface area contributed by atoms with E-state index in [9.17, 15) is 4.79 Å². The second kappa shape index (κ2) is 11.3. The van der Waals surface area contributed by atoms with Gasteiger partial charge < -0.3 is 34.5 Å². The highest BCUT2D eigenvalue weighted by Gasteiger charge is 2.19. The number of para-hydroxylation sites is 2. The van der Waals surface area contributed by atoms with Crippen molar-refractivity contribution in [2.75, 3.05) is 77.9 Å². The Balaban J connectivity index is 1.45. The van der Waals surface area contributed by atoms with E-state index in [-0.39, 0.29) is 6.03 Å². The van der Waals surface area contributed by atoms with Crippen molar-refractivity contribution in [3.05, 3.63) is 36.4 Å². The Morgan fingerprint density at radius 1 is 0.875 bits per heavy atom. The zero-order chi connectivity index (χ0) is 22.9. The van der Waals surface area contributed by atoms with E-state index in [0.717, 1.165) is 44.2 Å². The van der Waals surface area contributed by atoms with Crippen LogP contribution in [-0.4, -0.2) is 78.6 Å². The number of carbonyl (C=O) groups is 1. The second-order valence-corrected chi connectivity index (χ2v) is 7.30. The van der Waals surface area contributed by atoms with Crippen LogP contribution in [0.15, 0.2) is 36.4 Å². The number of benzene rings is 2. The van der Waals surface area contributed by atoms with Crippen LogP contribution in [0.2, 0.25) is 0 Å². The fourth-order valence-electron chi connectivity index (χ4n) is 3.76. The van der Waals surface area contributed by atoms with Crippen LogP contribution in [0, 0.1) is 0 Å². The van der Waals surface area contributed by atoms with Gasteiger partial charge in [0.05, 0.1) is 39.8 Å². The van der Waals surface area contributed by atoms with E-state index >= 15 is 0 Å². The van der Waals surface area contributed by atoms with Crippen LogP contribution < -0.4 is 34.5 Å². The van der Waals surface area contributed by atoms with Crippen LogP contribution in [0.25, 0.3) is 0 Å². The zero-order valence-corrected chi connectivity index (χ0v) is 19.1. The Hall–Kier alpha value is -3.33. The van der Waals surface area contributed by atoms with Crippen molar-refractivity contribution in [3.63, 3.8) is 0 Å². The third-order valence-electron chi connectivity index (χ3n) is 5.43. The van der Waals surface area contributed by atoms with Gasteiger partial charge in [0.2, 0.25) is 5.75 Å². The number of anilines is 2. The minimum atomic E-state index is -0.285. The van der Waals surface area contributed by atoms with Crippen LogP contribution in [-0.2, 0) is 0 Å². The Morgan fingerprint density at radius 2 is 1.50 bits per heavy atom. The molecule has 32 heavy (non-hydrogen) atoms. The number of piperazine rings is 1. The molecule has 1 aliphatic rings. The van der Waals surface area contributed by atoms with E-state index in [1.165, 1.54) is 21.3 Å². The number of nitrogens with one attached hydrogen (secondary N) is 2. The number of carbonyl (C=O) groups excluding carboxylic acids is 1. The van der Waals surface area contributed by atoms with Crippen molar-refractivity contribution in [3.8, 4) is 23.0 Å². The van der Waals surface area contributed by atoms with Crippen LogP contribution in [0.1, 0.15) is 0 Å². The maximum absolute atomic E-state index is 12.3. The molecule has 2 amide bonds. The lowest BCUT2D eigenvalue weighted by Crippen LogP contribution is -2.48. The molecule has 1 saturated heterocycles. The lowest BCUT2D eigenvalue weighted by molar-refractivity contribution is 0.240. The standard InChI is InChI=1S/C23H32N4O5/c1-29-19-8-6-5-7-18(19)27-13-11-26(12-14-27)10-9-24-23(28)25-17-15-20(30-2)22(32-4)21(16-17)31-3/h5-8,15-16H,9-14H2,1-4H3,(H2,24,25,28). The Morgan fingerprint density at radius 3 is 2.09 bits per heavy atom. The monoisotopic (exact) mass is 444 g/mol. The van der Waals surface area contributed by atoms with Crippen molar-refractivity contribution in [2.45, 2.75) is 0 Å². The highest BCUT2D eigenvalue weighted by atomic mass is 16.5. The highest BCUT2D eigenvalue weighted by Crippen LogP contribution is 2.39. The molecule has 2 N–H and O–H groups in total. The van der Waals surface area contributed by atoms with E-state index in [0.29, 0.717) is 29.5 Å². The molecule has 0 bridgehead atoms. The Kier molecular flexibility index (Phi) is 8.27. The number of ether oxygens (including phenoxy) is 4. The van der Waals surface area contributed by atoms with Gasteiger partial charge in [-0.15, -0.1) is 0 Å². The van der Waals surface area contributed by atoms with Gasteiger partial charge in [0.15, 0.2) is 11.5 Å². The summed E-state index contributed by atoms with van der Waals surface area (Å²) in [5.74, 6) is 2.34. The first-order chi connectivity index (χ1) is 15.6. The van der Waals surface area contributed by atoms with E-state index < -0.39 is 0 Å². The number of hydrogen-bond donors (Lipinski definition) is 2. The smallest absolute Gasteiger partial charge is 0.319 e. The zero-order valence-electron chi connectivity index (χ0n) is 19.1. The number of urea groups is 1. The summed E-state index contributed by atoms with van der Waals surface area (Å²) in [5.41, 5.74) is 1.68. The lowest BCUT2D eigenvalue weighted by Gasteiger charge is -2.36. The maximum Gasteiger partial charge on any atom is 0.319 e. The highest BCUT2D eigenvalue weighted by molar-refractivity contribution is 5.90. The third-order valence-corrected chi connectivity index (χ3v) is 5.43. The first-order valence-corrected chi connectivity index (χ1v) is 10.5. The SMILES string of the molecule is COc1ccccc1N1CCN(CCNC(=O)Nc2cc(OC)c(OC)c(OC)c2)CC1. The van der Waals surface area contributed by atoms with Crippen LogP contribution in [0.4, 0.5) is 16.2 Å². The summed E-state index contributed by atoms with van der Waals surface area (Å²) in [7, 11) is 6.31. The topological polar surface area (TPSA) is 84.5 Å². The van der Waals surface area contributed by atoms with E-state index in [2.05, 4.69) is 26.5 Å². The van der Waals surface area contributed by atoms with Crippen LogP contribution >= 0.6 is 0 Å². The fourth-order valence-corrected chi connectivity index (χ4v) is 3.76. The molecule has 0 atom stereocenters. The molecular weight excluding hydrogens is 412 g/mol. The number of amides is 2. The van der Waals surface area contributed by atoms with Gasteiger partial charge in [0.1, 0.15) is 5.75 Å². The molecule has 0 unspecified atom stereocenters. The van der Waals surface area contributed by atoms with Crippen molar-refractivity contribution < 1.29 is 23.7 Å². The maximum atomic E-state index is 12.3. The third kappa shape index (κ3) is 5.67. The molecule has 0 radical (unpaired) electrons. The van der Waals surface area contributed by atoms with Crippen LogP contribution in [0.3, 0.4) is 0 Å². The molecule has 0 spiro atoms. The van der Waals surface area contributed by atoms with Gasteiger partial charge in [-0.2, -0.15) is 0 Å².